The zero-order valence-electron chi connectivity index (χ0n) is 7.83. The highest BCUT2D eigenvalue weighted by Gasteiger charge is 2.03. The molecular formula is C10H11FO3. The summed E-state index contributed by atoms with van der Waals surface area (Å²) < 4.78 is 22.7. The summed E-state index contributed by atoms with van der Waals surface area (Å²) in [5.74, 6) is -0.0790. The number of carbonyl (C=O) groups excluding carboxylic acids is 1. The molecule has 0 atom stereocenters. The number of hydrogen-bond donors (Lipinski definition) is 0. The number of hydrogen-bond acceptors (Lipinski definition) is 3. The number of aldehydes is 1. The van der Waals surface area contributed by atoms with E-state index in [1.54, 1.807) is 7.11 Å². The summed E-state index contributed by atoms with van der Waals surface area (Å²) in [7, 11) is 1.55. The van der Waals surface area contributed by atoms with Crippen LogP contribution in [-0.4, -0.2) is 26.6 Å². The van der Waals surface area contributed by atoms with Gasteiger partial charge in [0, 0.05) is 7.11 Å². The van der Waals surface area contributed by atoms with E-state index >= 15 is 0 Å². The fraction of sp³-hybridized carbons (Fsp3) is 0.300. The van der Waals surface area contributed by atoms with Crippen molar-refractivity contribution in [3.8, 4) is 5.75 Å². The van der Waals surface area contributed by atoms with Crippen LogP contribution in [0, 0.1) is 5.82 Å². The minimum Gasteiger partial charge on any atom is -0.490 e. The molecule has 0 aromatic heterocycles. The van der Waals surface area contributed by atoms with E-state index in [4.69, 9.17) is 9.47 Å². The summed E-state index contributed by atoms with van der Waals surface area (Å²) >= 11 is 0. The maximum atomic E-state index is 12.7. The molecule has 0 aliphatic carbocycles. The van der Waals surface area contributed by atoms with Crippen LogP contribution in [0.3, 0.4) is 0 Å². The summed E-state index contributed by atoms with van der Waals surface area (Å²) in [5, 5.41) is 0. The molecule has 3 nitrogen and oxygen atoms in total. The average molecular weight is 198 g/mol. The van der Waals surface area contributed by atoms with Crippen LogP contribution in [0.1, 0.15) is 10.4 Å². The maximum absolute atomic E-state index is 12.7. The predicted octanol–water partition coefficient (Wildman–Crippen LogP) is 1.66. The average Bonchev–Trinajstić information content (AvgIpc) is 2.20. The zero-order valence-corrected chi connectivity index (χ0v) is 7.83. The Balaban J connectivity index is 2.70. The van der Waals surface area contributed by atoms with Gasteiger partial charge in [0.25, 0.3) is 0 Å². The van der Waals surface area contributed by atoms with Crippen LogP contribution in [0.4, 0.5) is 4.39 Å². The fourth-order valence-corrected chi connectivity index (χ4v) is 0.978. The zero-order chi connectivity index (χ0) is 10.4. The van der Waals surface area contributed by atoms with Crippen molar-refractivity contribution in [3.63, 3.8) is 0 Å². The number of halogens is 1. The minimum absolute atomic E-state index is 0.209. The molecule has 0 radical (unpaired) electrons. The highest BCUT2D eigenvalue weighted by atomic mass is 19.1. The number of methoxy groups -OCH3 is 1. The Morgan fingerprint density at radius 1 is 1.43 bits per heavy atom. The van der Waals surface area contributed by atoms with Crippen molar-refractivity contribution < 1.29 is 18.7 Å². The molecular weight excluding hydrogens is 187 g/mol. The second-order valence-corrected chi connectivity index (χ2v) is 2.64. The summed E-state index contributed by atoms with van der Waals surface area (Å²) in [4.78, 5) is 10.5. The van der Waals surface area contributed by atoms with Gasteiger partial charge in [0.15, 0.2) is 6.29 Å². The van der Waals surface area contributed by atoms with Gasteiger partial charge in [0.2, 0.25) is 0 Å². The number of ether oxygens (including phenoxy) is 2. The summed E-state index contributed by atoms with van der Waals surface area (Å²) in [6.07, 6.45) is 0.561. The highest BCUT2D eigenvalue weighted by molar-refractivity contribution is 5.79. The van der Waals surface area contributed by atoms with Gasteiger partial charge >= 0.3 is 0 Å². The van der Waals surface area contributed by atoms with E-state index < -0.39 is 5.82 Å². The standard InChI is InChI=1S/C10H11FO3/c1-13-4-5-14-10-3-2-9(11)6-8(10)7-12/h2-3,6-7H,4-5H2,1H3. The molecule has 0 bridgehead atoms. The fourth-order valence-electron chi connectivity index (χ4n) is 0.978. The maximum Gasteiger partial charge on any atom is 0.153 e. The Morgan fingerprint density at radius 2 is 2.21 bits per heavy atom. The smallest absolute Gasteiger partial charge is 0.153 e. The quantitative estimate of drug-likeness (QED) is 0.533. The Hall–Kier alpha value is -1.42. The van der Waals surface area contributed by atoms with Crippen LogP contribution in [-0.2, 0) is 4.74 Å². The van der Waals surface area contributed by atoms with Crippen LogP contribution >= 0.6 is 0 Å². The first-order valence-corrected chi connectivity index (χ1v) is 4.14. The molecule has 1 aromatic rings. The number of rotatable bonds is 5. The molecule has 76 valence electrons. The van der Waals surface area contributed by atoms with E-state index in [1.165, 1.54) is 12.1 Å². The van der Waals surface area contributed by atoms with E-state index in [-0.39, 0.29) is 5.56 Å². The van der Waals surface area contributed by atoms with E-state index in [2.05, 4.69) is 0 Å². The molecule has 0 unspecified atom stereocenters. The van der Waals surface area contributed by atoms with E-state index in [0.717, 1.165) is 6.07 Å². The Bertz CT molecular complexity index is 312. The number of benzene rings is 1. The Morgan fingerprint density at radius 3 is 2.86 bits per heavy atom. The molecule has 0 saturated carbocycles. The van der Waals surface area contributed by atoms with Crippen molar-refractivity contribution in [3.05, 3.63) is 29.6 Å². The van der Waals surface area contributed by atoms with Gasteiger partial charge in [-0.1, -0.05) is 0 Å². The lowest BCUT2D eigenvalue weighted by atomic mass is 10.2. The third-order valence-corrected chi connectivity index (χ3v) is 1.64. The third kappa shape index (κ3) is 2.81. The van der Waals surface area contributed by atoms with E-state index in [0.29, 0.717) is 25.2 Å². The Labute approximate surface area is 81.4 Å². The number of carbonyl (C=O) groups is 1. The van der Waals surface area contributed by atoms with Crippen LogP contribution < -0.4 is 4.74 Å². The first-order valence-electron chi connectivity index (χ1n) is 4.14. The monoisotopic (exact) mass is 198 g/mol. The highest BCUT2D eigenvalue weighted by Crippen LogP contribution is 2.17. The van der Waals surface area contributed by atoms with Crippen molar-refractivity contribution >= 4 is 6.29 Å². The Kier molecular flexibility index (Phi) is 4.07. The van der Waals surface area contributed by atoms with Crippen molar-refractivity contribution in [1.82, 2.24) is 0 Å². The second kappa shape index (κ2) is 5.34. The van der Waals surface area contributed by atoms with Gasteiger partial charge in [-0.15, -0.1) is 0 Å². The third-order valence-electron chi connectivity index (χ3n) is 1.64. The minimum atomic E-state index is -0.453. The SMILES string of the molecule is COCCOc1ccc(F)cc1C=O. The molecule has 0 N–H and O–H groups in total. The van der Waals surface area contributed by atoms with Gasteiger partial charge < -0.3 is 9.47 Å². The van der Waals surface area contributed by atoms with E-state index in [1.807, 2.05) is 0 Å². The van der Waals surface area contributed by atoms with Gasteiger partial charge in [-0.05, 0) is 18.2 Å². The summed E-state index contributed by atoms with van der Waals surface area (Å²) in [5.41, 5.74) is 0.209. The molecule has 0 spiro atoms. The van der Waals surface area contributed by atoms with Crippen molar-refractivity contribution in [2.75, 3.05) is 20.3 Å². The molecule has 1 aromatic carbocycles. The van der Waals surface area contributed by atoms with Gasteiger partial charge in [0.05, 0.1) is 12.2 Å². The van der Waals surface area contributed by atoms with Gasteiger partial charge in [-0.25, -0.2) is 4.39 Å². The van der Waals surface area contributed by atoms with Gasteiger partial charge in [0.1, 0.15) is 18.2 Å². The topological polar surface area (TPSA) is 35.5 Å². The normalized spacial score (nSPS) is 9.86. The van der Waals surface area contributed by atoms with Crippen molar-refractivity contribution in [2.24, 2.45) is 0 Å². The molecule has 0 amide bonds. The lowest BCUT2D eigenvalue weighted by Gasteiger charge is -2.07. The second-order valence-electron chi connectivity index (χ2n) is 2.64. The molecule has 0 saturated heterocycles. The lowest BCUT2D eigenvalue weighted by Crippen LogP contribution is -2.05. The van der Waals surface area contributed by atoms with Crippen LogP contribution in [0.5, 0.6) is 5.75 Å². The summed E-state index contributed by atoms with van der Waals surface area (Å²) in [6, 6.07) is 3.80. The molecule has 0 aliphatic rings. The van der Waals surface area contributed by atoms with Crippen molar-refractivity contribution in [1.29, 1.82) is 0 Å². The largest absolute Gasteiger partial charge is 0.490 e. The van der Waals surface area contributed by atoms with Crippen LogP contribution in [0.2, 0.25) is 0 Å². The molecule has 14 heavy (non-hydrogen) atoms. The van der Waals surface area contributed by atoms with Crippen LogP contribution in [0.15, 0.2) is 18.2 Å². The van der Waals surface area contributed by atoms with E-state index in [9.17, 15) is 9.18 Å². The molecule has 4 heteroatoms. The summed E-state index contributed by atoms with van der Waals surface area (Å²) in [6.45, 7) is 0.763. The van der Waals surface area contributed by atoms with Crippen molar-refractivity contribution in [2.45, 2.75) is 0 Å². The molecule has 0 fully saturated rings. The lowest BCUT2D eigenvalue weighted by molar-refractivity contribution is 0.111. The van der Waals surface area contributed by atoms with Gasteiger partial charge in [-0.2, -0.15) is 0 Å². The van der Waals surface area contributed by atoms with Gasteiger partial charge in [-0.3, -0.25) is 4.79 Å². The first-order chi connectivity index (χ1) is 6.77. The molecule has 0 aliphatic heterocycles. The van der Waals surface area contributed by atoms with Crippen LogP contribution in [0.25, 0.3) is 0 Å². The first kappa shape index (κ1) is 10.7. The molecule has 1 rings (SSSR count). The predicted molar refractivity (Wildman–Crippen MR) is 49.2 cm³/mol. The molecule has 0 heterocycles.